The molecule has 0 atom stereocenters. The van der Waals surface area contributed by atoms with E-state index in [0.717, 1.165) is 113 Å². The van der Waals surface area contributed by atoms with Crippen molar-refractivity contribution in [1.82, 2.24) is 9.97 Å². The lowest BCUT2D eigenvalue weighted by atomic mass is 9.93. The molecule has 0 fully saturated rings. The van der Waals surface area contributed by atoms with Crippen LogP contribution in [0.1, 0.15) is 22.3 Å². The number of hydrogen-bond acceptors (Lipinski definition) is 4. The molecule has 2 aromatic heterocycles. The van der Waals surface area contributed by atoms with Crippen molar-refractivity contribution in [1.29, 1.82) is 0 Å². The van der Waals surface area contributed by atoms with Gasteiger partial charge in [-0.1, -0.05) is 158 Å². The van der Waals surface area contributed by atoms with Gasteiger partial charge in [-0.15, -0.1) is 0 Å². The molecular weight excluding hydrogens is 681 g/mol. The van der Waals surface area contributed by atoms with Crippen LogP contribution in [0.25, 0.3) is 66.6 Å². The van der Waals surface area contributed by atoms with Gasteiger partial charge < -0.3 is 0 Å². The average Bonchev–Trinajstić information content (AvgIpc) is 3.92. The van der Waals surface area contributed by atoms with Gasteiger partial charge in [-0.05, 0) is 68.8 Å². The van der Waals surface area contributed by atoms with Crippen LogP contribution in [0.3, 0.4) is 0 Å². The standard InChI is InChI=1S/C52H34N4/c1-3-11-33(12-4-1)43-31-49(37-23-19-35(20-24-37)47-29-39-15-7-9-17-45(39)53-47)55-51-41(43)27-28-42-44(34-13-5-2-6-14-34)32-50(56-52(42)51)38-25-21-36(22-26-38)48-30-40-16-8-10-18-46(40)54-48/h1-28,31-32H,29-30H2. The summed E-state index contributed by atoms with van der Waals surface area (Å²) in [6.07, 6.45) is 1.69. The van der Waals surface area contributed by atoms with Crippen LogP contribution in [0, 0.1) is 0 Å². The highest BCUT2D eigenvalue weighted by molar-refractivity contribution is 6.14. The van der Waals surface area contributed by atoms with Crippen LogP contribution in [-0.4, -0.2) is 21.4 Å². The fourth-order valence-corrected chi connectivity index (χ4v) is 8.25. The van der Waals surface area contributed by atoms with Crippen LogP contribution >= 0.6 is 0 Å². The molecule has 0 saturated carbocycles. The van der Waals surface area contributed by atoms with Gasteiger partial charge in [0.25, 0.3) is 0 Å². The molecule has 56 heavy (non-hydrogen) atoms. The molecule has 0 radical (unpaired) electrons. The first-order valence-electron chi connectivity index (χ1n) is 19.1. The maximum atomic E-state index is 5.47. The van der Waals surface area contributed by atoms with E-state index in [2.05, 4.69) is 182 Å². The number of nitrogens with zero attached hydrogens (tertiary/aromatic N) is 4. The molecule has 11 rings (SSSR count). The Morgan fingerprint density at radius 2 is 0.696 bits per heavy atom. The quantitative estimate of drug-likeness (QED) is 0.161. The third kappa shape index (κ3) is 5.62. The number of para-hydroxylation sites is 2. The summed E-state index contributed by atoms with van der Waals surface area (Å²) in [5.74, 6) is 0. The lowest BCUT2D eigenvalue weighted by Crippen LogP contribution is -2.00. The Morgan fingerprint density at radius 1 is 0.321 bits per heavy atom. The lowest BCUT2D eigenvalue weighted by Gasteiger charge is -2.16. The summed E-state index contributed by atoms with van der Waals surface area (Å²) < 4.78 is 0. The first kappa shape index (κ1) is 32.2. The predicted octanol–water partition coefficient (Wildman–Crippen LogP) is 12.8. The molecule has 0 N–H and O–H groups in total. The zero-order chi connectivity index (χ0) is 37.0. The van der Waals surface area contributed by atoms with Crippen LogP contribution in [0.15, 0.2) is 192 Å². The Bertz CT molecular complexity index is 2830. The monoisotopic (exact) mass is 714 g/mol. The summed E-state index contributed by atoms with van der Waals surface area (Å²) >= 11 is 0. The Hall–Kier alpha value is -7.30. The molecule has 262 valence electrons. The Morgan fingerprint density at radius 3 is 1.11 bits per heavy atom. The van der Waals surface area contributed by atoms with Crippen molar-refractivity contribution < 1.29 is 0 Å². The van der Waals surface area contributed by atoms with Crippen LogP contribution in [0.4, 0.5) is 11.4 Å². The second-order valence-corrected chi connectivity index (χ2v) is 14.6. The van der Waals surface area contributed by atoms with Gasteiger partial charge in [0, 0.05) is 34.7 Å². The number of aromatic nitrogens is 2. The van der Waals surface area contributed by atoms with E-state index in [1.165, 1.54) is 11.1 Å². The highest BCUT2D eigenvalue weighted by Crippen LogP contribution is 2.40. The fourth-order valence-electron chi connectivity index (χ4n) is 8.25. The van der Waals surface area contributed by atoms with E-state index in [-0.39, 0.29) is 0 Å². The number of aliphatic imine (C=N–C) groups is 2. The molecule has 7 aromatic carbocycles. The zero-order valence-electron chi connectivity index (χ0n) is 30.5. The van der Waals surface area contributed by atoms with Gasteiger partial charge >= 0.3 is 0 Å². The molecule has 0 saturated heterocycles. The van der Waals surface area contributed by atoms with E-state index >= 15 is 0 Å². The number of hydrogen-bond donors (Lipinski definition) is 0. The van der Waals surface area contributed by atoms with Crippen LogP contribution < -0.4 is 0 Å². The molecule has 0 spiro atoms. The second-order valence-electron chi connectivity index (χ2n) is 14.6. The van der Waals surface area contributed by atoms with Crippen molar-refractivity contribution in [2.45, 2.75) is 12.8 Å². The predicted molar refractivity (Wildman–Crippen MR) is 231 cm³/mol. The van der Waals surface area contributed by atoms with Gasteiger partial charge in [-0.25, -0.2) is 9.97 Å². The van der Waals surface area contributed by atoms with Gasteiger partial charge in [-0.2, -0.15) is 0 Å². The minimum absolute atomic E-state index is 0.845. The van der Waals surface area contributed by atoms with Gasteiger partial charge in [0.05, 0.1) is 45.2 Å². The van der Waals surface area contributed by atoms with E-state index in [9.17, 15) is 0 Å². The molecule has 4 heteroatoms. The van der Waals surface area contributed by atoms with E-state index in [1.54, 1.807) is 0 Å². The third-order valence-corrected chi connectivity index (χ3v) is 11.2. The largest absolute Gasteiger partial charge is 0.252 e. The molecule has 9 aromatic rings. The Balaban J connectivity index is 1.07. The SMILES string of the molecule is c1ccc(-c2cc(-c3ccc(C4=Nc5ccccc5C4)cc3)nc3c2ccc2c(-c4ccccc4)cc(-c4ccc(C5=Nc6ccccc6C5)cc4)nc23)cc1. The molecule has 0 unspecified atom stereocenters. The average molecular weight is 715 g/mol. The molecule has 4 nitrogen and oxygen atoms in total. The Kier molecular flexibility index (Phi) is 7.59. The van der Waals surface area contributed by atoms with Crippen molar-refractivity contribution >= 4 is 44.6 Å². The lowest BCUT2D eigenvalue weighted by molar-refractivity contribution is 1.36. The molecule has 2 aliphatic heterocycles. The summed E-state index contributed by atoms with van der Waals surface area (Å²) in [6.45, 7) is 0. The van der Waals surface area contributed by atoms with Gasteiger partial charge in [0.1, 0.15) is 0 Å². The summed E-state index contributed by atoms with van der Waals surface area (Å²) in [4.78, 5) is 20.8. The molecule has 0 aliphatic carbocycles. The van der Waals surface area contributed by atoms with E-state index < -0.39 is 0 Å². The van der Waals surface area contributed by atoms with Crippen molar-refractivity contribution in [3.8, 4) is 44.8 Å². The second kappa shape index (κ2) is 13.2. The molecule has 0 amide bonds. The molecule has 4 heterocycles. The summed E-state index contributed by atoms with van der Waals surface area (Å²) in [5, 5.41) is 2.14. The molecule has 0 bridgehead atoms. The highest BCUT2D eigenvalue weighted by Gasteiger charge is 2.20. The number of rotatable bonds is 6. The smallest absolute Gasteiger partial charge is 0.0978 e. The molecular formula is C52H34N4. The first-order chi connectivity index (χ1) is 27.7. The number of pyridine rings is 2. The van der Waals surface area contributed by atoms with E-state index in [4.69, 9.17) is 20.0 Å². The minimum atomic E-state index is 0.845. The topological polar surface area (TPSA) is 50.5 Å². The third-order valence-electron chi connectivity index (χ3n) is 11.2. The van der Waals surface area contributed by atoms with Gasteiger partial charge in [0.15, 0.2) is 0 Å². The van der Waals surface area contributed by atoms with Gasteiger partial charge in [0.2, 0.25) is 0 Å². The van der Waals surface area contributed by atoms with Crippen molar-refractivity contribution in [3.63, 3.8) is 0 Å². The highest BCUT2D eigenvalue weighted by atomic mass is 14.8. The minimum Gasteiger partial charge on any atom is -0.252 e. The fraction of sp³-hybridized carbons (Fsp3) is 0.0385. The number of fused-ring (bicyclic) bond motifs is 5. The maximum Gasteiger partial charge on any atom is 0.0978 e. The summed E-state index contributed by atoms with van der Waals surface area (Å²) in [6, 6.07) is 64.3. The summed E-state index contributed by atoms with van der Waals surface area (Å²) in [7, 11) is 0. The van der Waals surface area contributed by atoms with Crippen molar-refractivity contribution in [2.75, 3.05) is 0 Å². The van der Waals surface area contributed by atoms with Crippen LogP contribution in [-0.2, 0) is 12.8 Å². The van der Waals surface area contributed by atoms with Gasteiger partial charge in [-0.3, -0.25) is 9.98 Å². The van der Waals surface area contributed by atoms with Crippen molar-refractivity contribution in [2.24, 2.45) is 9.98 Å². The normalized spacial score (nSPS) is 13.1. The van der Waals surface area contributed by atoms with Crippen LogP contribution in [0.2, 0.25) is 0 Å². The Labute approximate surface area is 325 Å². The molecule has 2 aliphatic rings. The van der Waals surface area contributed by atoms with E-state index in [1.807, 2.05) is 0 Å². The first-order valence-corrected chi connectivity index (χ1v) is 19.1. The number of benzene rings is 7. The maximum absolute atomic E-state index is 5.47. The van der Waals surface area contributed by atoms with Crippen molar-refractivity contribution in [3.05, 3.63) is 204 Å². The summed E-state index contributed by atoms with van der Waals surface area (Å²) in [5.41, 5.74) is 19.3. The van der Waals surface area contributed by atoms with Crippen LogP contribution in [0.5, 0.6) is 0 Å². The zero-order valence-corrected chi connectivity index (χ0v) is 30.5. The van der Waals surface area contributed by atoms with E-state index in [0.29, 0.717) is 0 Å².